The van der Waals surface area contributed by atoms with Crippen LogP contribution in [-0.4, -0.2) is 16.6 Å². The highest BCUT2D eigenvalue weighted by molar-refractivity contribution is 9.11. The summed E-state index contributed by atoms with van der Waals surface area (Å²) in [6.45, 7) is 5.38. The Morgan fingerprint density at radius 2 is 2.14 bits per heavy atom. The molecule has 0 amide bonds. The number of nitrogens with two attached hydrogens (primary N) is 1. The van der Waals surface area contributed by atoms with Crippen LogP contribution in [0.3, 0.4) is 0 Å². The van der Waals surface area contributed by atoms with E-state index in [4.69, 9.17) is 10.5 Å². The maximum absolute atomic E-state index is 11.5. The van der Waals surface area contributed by atoms with Crippen LogP contribution in [0.15, 0.2) is 3.92 Å². The molecule has 0 fully saturated rings. The van der Waals surface area contributed by atoms with Crippen molar-refractivity contribution in [1.29, 1.82) is 0 Å². The molecule has 0 aliphatic carbocycles. The van der Waals surface area contributed by atoms with Crippen molar-refractivity contribution in [3.05, 3.63) is 9.61 Å². The molecular weight excluding hydrogens is 268 g/mol. The van der Waals surface area contributed by atoms with Crippen molar-refractivity contribution in [1.82, 2.24) is 4.98 Å². The van der Waals surface area contributed by atoms with E-state index < -0.39 is 11.6 Å². The predicted molar refractivity (Wildman–Crippen MR) is 59.4 cm³/mol. The Morgan fingerprint density at radius 1 is 1.57 bits per heavy atom. The lowest BCUT2D eigenvalue weighted by atomic mass is 10.2. The van der Waals surface area contributed by atoms with Crippen LogP contribution in [0.2, 0.25) is 0 Å². The minimum absolute atomic E-state index is 0.178. The number of thiazole rings is 1. The Balaban J connectivity index is 2.85. The lowest BCUT2D eigenvalue weighted by molar-refractivity contribution is 0.00648. The first-order chi connectivity index (χ1) is 6.29. The summed E-state index contributed by atoms with van der Waals surface area (Å²) in [6.07, 6.45) is 0. The number of carbonyl (C=O) groups excluding carboxylic acids is 1. The van der Waals surface area contributed by atoms with Gasteiger partial charge in [0.1, 0.15) is 10.6 Å². The molecule has 6 heteroatoms. The molecule has 1 aromatic rings. The summed E-state index contributed by atoms with van der Waals surface area (Å²) in [7, 11) is 0. The summed E-state index contributed by atoms with van der Waals surface area (Å²) >= 11 is 4.36. The molecule has 0 aliphatic rings. The van der Waals surface area contributed by atoms with E-state index in [9.17, 15) is 4.79 Å². The second kappa shape index (κ2) is 3.86. The number of aromatic nitrogens is 1. The topological polar surface area (TPSA) is 65.2 Å². The average Bonchev–Trinajstić information content (AvgIpc) is 2.26. The Bertz CT molecular complexity index is 357. The molecule has 0 unspecified atom stereocenters. The van der Waals surface area contributed by atoms with Crippen LogP contribution in [0.25, 0.3) is 0 Å². The zero-order valence-corrected chi connectivity index (χ0v) is 10.5. The molecule has 0 aromatic carbocycles. The Hall–Kier alpha value is -0.620. The molecule has 0 bridgehead atoms. The van der Waals surface area contributed by atoms with E-state index in [0.717, 1.165) is 0 Å². The second-order valence-electron chi connectivity index (χ2n) is 3.68. The lowest BCUT2D eigenvalue weighted by Gasteiger charge is -2.18. The van der Waals surface area contributed by atoms with Crippen molar-refractivity contribution in [3.8, 4) is 0 Å². The third-order valence-corrected chi connectivity index (χ3v) is 2.56. The smallest absolute Gasteiger partial charge is 0.360 e. The van der Waals surface area contributed by atoms with Gasteiger partial charge in [0.15, 0.2) is 9.61 Å². The van der Waals surface area contributed by atoms with Crippen LogP contribution < -0.4 is 5.73 Å². The van der Waals surface area contributed by atoms with Crippen LogP contribution in [0.1, 0.15) is 31.3 Å². The predicted octanol–water partition coefficient (Wildman–Crippen LogP) is 2.44. The average molecular weight is 279 g/mol. The van der Waals surface area contributed by atoms with E-state index in [1.165, 1.54) is 11.3 Å². The van der Waals surface area contributed by atoms with Gasteiger partial charge in [-0.25, -0.2) is 9.78 Å². The van der Waals surface area contributed by atoms with Gasteiger partial charge in [0.05, 0.1) is 0 Å². The first kappa shape index (κ1) is 11.5. The quantitative estimate of drug-likeness (QED) is 0.802. The van der Waals surface area contributed by atoms with E-state index in [1.54, 1.807) is 20.8 Å². The van der Waals surface area contributed by atoms with Crippen molar-refractivity contribution in [2.45, 2.75) is 26.4 Å². The van der Waals surface area contributed by atoms with Crippen molar-refractivity contribution < 1.29 is 9.53 Å². The summed E-state index contributed by atoms with van der Waals surface area (Å²) in [5, 5.41) is 0.367. The maximum atomic E-state index is 11.5. The largest absolute Gasteiger partial charge is 0.455 e. The van der Waals surface area contributed by atoms with Gasteiger partial charge in [-0.3, -0.25) is 0 Å². The molecule has 4 nitrogen and oxygen atoms in total. The highest BCUT2D eigenvalue weighted by Gasteiger charge is 2.22. The van der Waals surface area contributed by atoms with Crippen molar-refractivity contribution >= 4 is 38.2 Å². The number of nitrogens with zero attached hydrogens (tertiary/aromatic N) is 1. The zero-order valence-electron chi connectivity index (χ0n) is 8.13. The zero-order chi connectivity index (χ0) is 10.9. The van der Waals surface area contributed by atoms with Gasteiger partial charge < -0.3 is 10.5 Å². The third kappa shape index (κ3) is 2.95. The molecule has 14 heavy (non-hydrogen) atoms. The highest BCUT2D eigenvalue weighted by atomic mass is 79.9. The maximum Gasteiger partial charge on any atom is 0.360 e. The monoisotopic (exact) mass is 278 g/mol. The van der Waals surface area contributed by atoms with Gasteiger partial charge in [-0.2, -0.15) is 0 Å². The minimum atomic E-state index is -0.528. The molecule has 0 saturated heterocycles. The molecular formula is C8H11BrN2O2S. The lowest BCUT2D eigenvalue weighted by Crippen LogP contribution is -2.24. The third-order valence-electron chi connectivity index (χ3n) is 1.22. The summed E-state index contributed by atoms with van der Waals surface area (Å²) in [5.41, 5.74) is 5.24. The van der Waals surface area contributed by atoms with E-state index in [1.807, 2.05) is 0 Å². The summed E-state index contributed by atoms with van der Waals surface area (Å²) in [6, 6.07) is 0. The number of rotatable bonds is 1. The second-order valence-corrected chi connectivity index (χ2v) is 5.99. The Morgan fingerprint density at radius 3 is 2.50 bits per heavy atom. The highest BCUT2D eigenvalue weighted by Crippen LogP contribution is 2.26. The number of hydrogen-bond donors (Lipinski definition) is 1. The fourth-order valence-electron chi connectivity index (χ4n) is 0.778. The molecule has 0 radical (unpaired) electrons. The Kier molecular flexibility index (Phi) is 3.16. The molecule has 1 aromatic heterocycles. The number of halogens is 1. The summed E-state index contributed by atoms with van der Waals surface area (Å²) < 4.78 is 5.70. The number of carbonyl (C=O) groups is 1. The molecule has 78 valence electrons. The first-order valence-electron chi connectivity index (χ1n) is 3.95. The number of esters is 1. The number of ether oxygens (including phenoxy) is 1. The summed E-state index contributed by atoms with van der Waals surface area (Å²) in [4.78, 5) is 15.4. The van der Waals surface area contributed by atoms with Gasteiger partial charge in [0.25, 0.3) is 0 Å². The SMILES string of the molecule is CC(C)(C)OC(=O)c1nc(Br)sc1N. The molecule has 0 aliphatic heterocycles. The molecule has 0 saturated carbocycles. The van der Waals surface area contributed by atoms with Crippen molar-refractivity contribution in [2.75, 3.05) is 5.73 Å². The fraction of sp³-hybridized carbons (Fsp3) is 0.500. The van der Waals surface area contributed by atoms with E-state index in [2.05, 4.69) is 20.9 Å². The van der Waals surface area contributed by atoms with Crippen LogP contribution in [-0.2, 0) is 4.74 Å². The summed E-state index contributed by atoms with van der Waals surface area (Å²) in [5.74, 6) is -0.489. The van der Waals surface area contributed by atoms with Gasteiger partial charge in [0, 0.05) is 0 Å². The number of hydrogen-bond acceptors (Lipinski definition) is 5. The van der Waals surface area contributed by atoms with Crippen LogP contribution >= 0.6 is 27.3 Å². The molecule has 1 heterocycles. The van der Waals surface area contributed by atoms with Crippen molar-refractivity contribution in [3.63, 3.8) is 0 Å². The van der Waals surface area contributed by atoms with Crippen molar-refractivity contribution in [2.24, 2.45) is 0 Å². The van der Waals surface area contributed by atoms with Gasteiger partial charge >= 0.3 is 5.97 Å². The number of nitrogen functional groups attached to an aromatic ring is 1. The number of anilines is 1. The minimum Gasteiger partial charge on any atom is -0.455 e. The van der Waals surface area contributed by atoms with Crippen LogP contribution in [0.4, 0.5) is 5.00 Å². The van der Waals surface area contributed by atoms with E-state index in [0.29, 0.717) is 8.92 Å². The first-order valence-corrected chi connectivity index (χ1v) is 5.55. The van der Waals surface area contributed by atoms with Gasteiger partial charge in [0.2, 0.25) is 0 Å². The molecule has 2 N–H and O–H groups in total. The molecule has 0 spiro atoms. The molecule has 0 atom stereocenters. The van der Waals surface area contributed by atoms with Gasteiger partial charge in [-0.15, -0.1) is 0 Å². The fourth-order valence-corrected chi connectivity index (χ4v) is 2.02. The Labute approximate surface area is 94.6 Å². The van der Waals surface area contributed by atoms with Gasteiger partial charge in [-0.05, 0) is 36.7 Å². The standard InChI is InChI=1S/C8H11BrN2O2S/c1-8(2,3)13-6(12)4-5(10)14-7(9)11-4/h10H2,1-3H3. The van der Waals surface area contributed by atoms with Crippen LogP contribution in [0, 0.1) is 0 Å². The van der Waals surface area contributed by atoms with Gasteiger partial charge in [-0.1, -0.05) is 11.3 Å². The normalized spacial score (nSPS) is 11.4. The van der Waals surface area contributed by atoms with E-state index >= 15 is 0 Å². The van der Waals surface area contributed by atoms with Crippen LogP contribution in [0.5, 0.6) is 0 Å². The molecule has 1 rings (SSSR count). The van der Waals surface area contributed by atoms with E-state index in [-0.39, 0.29) is 5.69 Å².